The molecule has 102 valence electrons. The first-order valence-electron chi connectivity index (χ1n) is 7.02. The second kappa shape index (κ2) is 6.98. The summed E-state index contributed by atoms with van der Waals surface area (Å²) in [4.78, 5) is 11.6. The molecule has 0 spiro atoms. The molecule has 0 radical (unpaired) electrons. The standard InChI is InChI=1S/C16H22N2O/c1-13-6-2-5-9-15(13)10-11-17-16(19)18-12-14-7-3-4-8-14/h2,5-6,9,12H,3-4,7-8,10-11H2,1H3,(H2,17,18,19). The normalized spacial score (nSPS) is 14.3. The van der Waals surface area contributed by atoms with E-state index in [4.69, 9.17) is 0 Å². The molecule has 0 saturated heterocycles. The van der Waals surface area contributed by atoms with Crippen LogP contribution < -0.4 is 10.6 Å². The molecule has 19 heavy (non-hydrogen) atoms. The molecule has 0 aromatic heterocycles. The Hall–Kier alpha value is -1.77. The molecule has 1 fully saturated rings. The van der Waals surface area contributed by atoms with Crippen LogP contribution in [0.2, 0.25) is 0 Å². The van der Waals surface area contributed by atoms with Crippen LogP contribution in [0.15, 0.2) is 36.0 Å². The zero-order chi connectivity index (χ0) is 13.5. The maximum Gasteiger partial charge on any atom is 0.318 e. The van der Waals surface area contributed by atoms with Gasteiger partial charge in [0.25, 0.3) is 0 Å². The molecule has 1 saturated carbocycles. The minimum Gasteiger partial charge on any atom is -0.338 e. The summed E-state index contributed by atoms with van der Waals surface area (Å²) >= 11 is 0. The number of hydrogen-bond donors (Lipinski definition) is 2. The van der Waals surface area contributed by atoms with E-state index >= 15 is 0 Å². The number of aryl methyl sites for hydroxylation is 1. The summed E-state index contributed by atoms with van der Waals surface area (Å²) in [5, 5.41) is 5.70. The van der Waals surface area contributed by atoms with Gasteiger partial charge in [0, 0.05) is 12.7 Å². The monoisotopic (exact) mass is 258 g/mol. The van der Waals surface area contributed by atoms with Crippen LogP contribution in [0.25, 0.3) is 0 Å². The molecule has 3 heteroatoms. The third kappa shape index (κ3) is 4.43. The number of hydrogen-bond acceptors (Lipinski definition) is 1. The van der Waals surface area contributed by atoms with Crippen molar-refractivity contribution in [3.05, 3.63) is 47.2 Å². The van der Waals surface area contributed by atoms with E-state index in [-0.39, 0.29) is 6.03 Å². The van der Waals surface area contributed by atoms with Crippen LogP contribution >= 0.6 is 0 Å². The van der Waals surface area contributed by atoms with Crippen molar-refractivity contribution >= 4 is 6.03 Å². The van der Waals surface area contributed by atoms with Gasteiger partial charge in [-0.15, -0.1) is 0 Å². The van der Waals surface area contributed by atoms with Crippen LogP contribution in [0.5, 0.6) is 0 Å². The van der Waals surface area contributed by atoms with E-state index in [1.165, 1.54) is 29.5 Å². The molecule has 0 aliphatic heterocycles. The van der Waals surface area contributed by atoms with Gasteiger partial charge in [0.1, 0.15) is 0 Å². The van der Waals surface area contributed by atoms with Crippen molar-refractivity contribution in [1.29, 1.82) is 0 Å². The molecule has 1 aromatic rings. The molecular formula is C16H22N2O. The lowest BCUT2D eigenvalue weighted by atomic mass is 10.1. The maximum atomic E-state index is 11.6. The van der Waals surface area contributed by atoms with E-state index in [1.807, 2.05) is 18.3 Å². The first-order valence-corrected chi connectivity index (χ1v) is 7.02. The minimum atomic E-state index is -0.104. The summed E-state index contributed by atoms with van der Waals surface area (Å²) < 4.78 is 0. The van der Waals surface area contributed by atoms with Crippen LogP contribution in [0.3, 0.4) is 0 Å². The summed E-state index contributed by atoms with van der Waals surface area (Å²) in [5.41, 5.74) is 3.92. The van der Waals surface area contributed by atoms with Gasteiger partial charge in [-0.3, -0.25) is 0 Å². The van der Waals surface area contributed by atoms with Gasteiger partial charge in [-0.05, 0) is 50.2 Å². The molecule has 0 atom stereocenters. The SMILES string of the molecule is Cc1ccccc1CCNC(=O)NC=C1CCCC1. The van der Waals surface area contributed by atoms with Crippen molar-refractivity contribution in [2.45, 2.75) is 39.0 Å². The van der Waals surface area contributed by atoms with Crippen LogP contribution in [-0.4, -0.2) is 12.6 Å². The second-order valence-corrected chi connectivity index (χ2v) is 5.09. The molecule has 0 heterocycles. The third-order valence-electron chi connectivity index (χ3n) is 3.59. The number of carbonyl (C=O) groups is 1. The molecule has 0 bridgehead atoms. The molecule has 1 aromatic carbocycles. The molecule has 2 rings (SSSR count). The fraction of sp³-hybridized carbons (Fsp3) is 0.438. The van der Waals surface area contributed by atoms with Crippen LogP contribution in [0.1, 0.15) is 36.8 Å². The maximum absolute atomic E-state index is 11.6. The van der Waals surface area contributed by atoms with Crippen molar-refractivity contribution in [2.75, 3.05) is 6.54 Å². The van der Waals surface area contributed by atoms with Gasteiger partial charge in [0.15, 0.2) is 0 Å². The van der Waals surface area contributed by atoms with E-state index < -0.39 is 0 Å². The molecule has 3 nitrogen and oxygen atoms in total. The Labute approximate surface area is 115 Å². The van der Waals surface area contributed by atoms with E-state index in [9.17, 15) is 4.79 Å². The summed E-state index contributed by atoms with van der Waals surface area (Å²) in [6.45, 7) is 2.76. The van der Waals surface area contributed by atoms with E-state index in [2.05, 4.69) is 29.7 Å². The average Bonchev–Trinajstić information content (AvgIpc) is 2.92. The lowest BCUT2D eigenvalue weighted by Gasteiger charge is -2.07. The topological polar surface area (TPSA) is 41.1 Å². The molecular weight excluding hydrogens is 236 g/mol. The zero-order valence-electron chi connectivity index (χ0n) is 11.5. The van der Waals surface area contributed by atoms with Crippen LogP contribution in [-0.2, 0) is 6.42 Å². The van der Waals surface area contributed by atoms with E-state index in [0.29, 0.717) is 6.54 Å². The van der Waals surface area contributed by atoms with Gasteiger partial charge in [-0.25, -0.2) is 4.79 Å². The van der Waals surface area contributed by atoms with Gasteiger partial charge >= 0.3 is 6.03 Å². The van der Waals surface area contributed by atoms with Crippen molar-refractivity contribution < 1.29 is 4.79 Å². The highest BCUT2D eigenvalue weighted by atomic mass is 16.2. The quantitative estimate of drug-likeness (QED) is 0.855. The third-order valence-corrected chi connectivity index (χ3v) is 3.59. The summed E-state index contributed by atoms with van der Waals surface area (Å²) in [5.74, 6) is 0. The number of nitrogens with one attached hydrogen (secondary N) is 2. The number of allylic oxidation sites excluding steroid dienone is 1. The van der Waals surface area contributed by atoms with Crippen molar-refractivity contribution in [1.82, 2.24) is 10.6 Å². The number of benzene rings is 1. The number of urea groups is 1. The summed E-state index contributed by atoms with van der Waals surface area (Å²) in [6, 6.07) is 8.17. The van der Waals surface area contributed by atoms with Gasteiger partial charge in [-0.1, -0.05) is 29.8 Å². The highest BCUT2D eigenvalue weighted by Gasteiger charge is 2.06. The fourth-order valence-corrected chi connectivity index (χ4v) is 2.39. The Bertz CT molecular complexity index is 458. The lowest BCUT2D eigenvalue weighted by Crippen LogP contribution is -2.33. The van der Waals surface area contributed by atoms with E-state index in [1.54, 1.807) is 0 Å². The smallest absolute Gasteiger partial charge is 0.318 e. The van der Waals surface area contributed by atoms with Crippen LogP contribution in [0, 0.1) is 6.92 Å². The largest absolute Gasteiger partial charge is 0.338 e. The van der Waals surface area contributed by atoms with Gasteiger partial charge < -0.3 is 10.6 Å². The van der Waals surface area contributed by atoms with Gasteiger partial charge in [0.05, 0.1) is 0 Å². The highest BCUT2D eigenvalue weighted by Crippen LogP contribution is 2.22. The second-order valence-electron chi connectivity index (χ2n) is 5.09. The summed E-state index contributed by atoms with van der Waals surface area (Å²) in [7, 11) is 0. The van der Waals surface area contributed by atoms with Crippen molar-refractivity contribution in [3.63, 3.8) is 0 Å². The Kier molecular flexibility index (Phi) is 5.01. The Balaban J connectivity index is 1.69. The lowest BCUT2D eigenvalue weighted by molar-refractivity contribution is 0.244. The van der Waals surface area contributed by atoms with Gasteiger partial charge in [-0.2, -0.15) is 0 Å². The van der Waals surface area contributed by atoms with Gasteiger partial charge in [0.2, 0.25) is 0 Å². The molecule has 2 amide bonds. The Morgan fingerprint density at radius 1 is 1.26 bits per heavy atom. The zero-order valence-corrected chi connectivity index (χ0v) is 11.5. The molecule has 1 aliphatic rings. The van der Waals surface area contributed by atoms with Crippen molar-refractivity contribution in [2.24, 2.45) is 0 Å². The minimum absolute atomic E-state index is 0.104. The molecule has 1 aliphatic carbocycles. The molecule has 2 N–H and O–H groups in total. The van der Waals surface area contributed by atoms with Crippen LogP contribution in [0.4, 0.5) is 4.79 Å². The first kappa shape index (κ1) is 13.7. The van der Waals surface area contributed by atoms with Crippen molar-refractivity contribution in [3.8, 4) is 0 Å². The molecule has 0 unspecified atom stereocenters. The first-order chi connectivity index (χ1) is 9.25. The Morgan fingerprint density at radius 3 is 2.74 bits per heavy atom. The Morgan fingerprint density at radius 2 is 2.00 bits per heavy atom. The van der Waals surface area contributed by atoms with E-state index in [0.717, 1.165) is 19.3 Å². The number of amides is 2. The number of carbonyl (C=O) groups excluding carboxylic acids is 1. The summed E-state index contributed by atoms with van der Waals surface area (Å²) in [6.07, 6.45) is 7.50. The highest BCUT2D eigenvalue weighted by molar-refractivity contribution is 5.74. The number of rotatable bonds is 4. The average molecular weight is 258 g/mol. The predicted molar refractivity (Wildman–Crippen MR) is 78.0 cm³/mol. The predicted octanol–water partition coefficient (Wildman–Crippen LogP) is 3.29. The fourth-order valence-electron chi connectivity index (χ4n) is 2.39.